The lowest BCUT2D eigenvalue weighted by Gasteiger charge is -2.07. The lowest BCUT2D eigenvalue weighted by molar-refractivity contribution is -0.137. The highest BCUT2D eigenvalue weighted by atomic mass is 32.3. The predicted octanol–water partition coefficient (Wildman–Crippen LogP) is 1.49. The van der Waals surface area contributed by atoms with Gasteiger partial charge in [0.15, 0.2) is 5.03 Å². The van der Waals surface area contributed by atoms with Crippen LogP contribution in [0.15, 0.2) is 17.3 Å². The van der Waals surface area contributed by atoms with Crippen LogP contribution < -0.4 is 0 Å². The van der Waals surface area contributed by atoms with Crippen LogP contribution in [-0.4, -0.2) is 24.4 Å². The molecule has 0 aliphatic rings. The van der Waals surface area contributed by atoms with Crippen molar-refractivity contribution in [2.24, 2.45) is 0 Å². The van der Waals surface area contributed by atoms with Gasteiger partial charge in [-0.2, -0.15) is 26.7 Å². The maximum absolute atomic E-state index is 12.5. The van der Waals surface area contributed by atoms with Crippen LogP contribution in [-0.2, 0) is 16.8 Å². The quantitative estimate of drug-likeness (QED) is 0.599. The molecule has 86 valence electrons. The molecule has 0 saturated carbocycles. The van der Waals surface area contributed by atoms with E-state index in [4.69, 9.17) is 0 Å². The number of aromatic nitrogens is 2. The number of alkyl halides is 3. The van der Waals surface area contributed by atoms with Crippen LogP contribution >= 0.6 is 0 Å². The summed E-state index contributed by atoms with van der Waals surface area (Å²) in [5.74, 6) is 0. The Hall–Kier alpha value is -1.12. The molecule has 0 N–H and O–H groups in total. The van der Waals surface area contributed by atoms with Gasteiger partial charge in [-0.1, -0.05) is 3.89 Å². The standard InChI is InChI=1S/C6H6F4N2O2S/c7-6(8,9)2-4-12-5(1-3-11-12)15(10,13)14/h1,3H,2,4H2. The zero-order chi connectivity index (χ0) is 11.7. The van der Waals surface area contributed by atoms with Gasteiger partial charge < -0.3 is 0 Å². The van der Waals surface area contributed by atoms with Crippen molar-refractivity contribution in [3.05, 3.63) is 12.3 Å². The lowest BCUT2D eigenvalue weighted by Crippen LogP contribution is -2.15. The van der Waals surface area contributed by atoms with Crippen LogP contribution in [0, 0.1) is 0 Å². The summed E-state index contributed by atoms with van der Waals surface area (Å²) in [6, 6.07) is 0.797. The molecule has 0 aliphatic carbocycles. The number of halogens is 4. The molecule has 1 aromatic heterocycles. The summed E-state index contributed by atoms with van der Waals surface area (Å²) >= 11 is 0. The topological polar surface area (TPSA) is 52.0 Å². The molecule has 15 heavy (non-hydrogen) atoms. The molecule has 4 nitrogen and oxygen atoms in total. The molecule has 0 aromatic carbocycles. The molecule has 0 bridgehead atoms. The predicted molar refractivity (Wildman–Crippen MR) is 41.2 cm³/mol. The van der Waals surface area contributed by atoms with Gasteiger partial charge >= 0.3 is 16.4 Å². The maximum atomic E-state index is 12.5. The van der Waals surface area contributed by atoms with Crippen LogP contribution in [0.3, 0.4) is 0 Å². The molecule has 1 aromatic rings. The summed E-state index contributed by atoms with van der Waals surface area (Å²) in [6.07, 6.45) is -4.79. The summed E-state index contributed by atoms with van der Waals surface area (Å²) in [7, 11) is -5.02. The average molecular weight is 246 g/mol. The summed E-state index contributed by atoms with van der Waals surface area (Å²) in [5, 5.41) is 2.41. The molecule has 0 unspecified atom stereocenters. The molecule has 0 radical (unpaired) electrons. The first-order valence-electron chi connectivity index (χ1n) is 3.73. The van der Waals surface area contributed by atoms with Gasteiger partial charge in [-0.15, -0.1) is 0 Å². The highest BCUT2D eigenvalue weighted by Crippen LogP contribution is 2.21. The fraction of sp³-hybridized carbons (Fsp3) is 0.500. The fourth-order valence-electron chi connectivity index (χ4n) is 0.928. The first-order valence-corrected chi connectivity index (χ1v) is 5.12. The number of rotatable bonds is 3. The third kappa shape index (κ3) is 3.50. The number of aryl methyl sites for hydroxylation is 1. The molecule has 0 aliphatic heterocycles. The molecular weight excluding hydrogens is 240 g/mol. The zero-order valence-corrected chi connectivity index (χ0v) is 8.02. The average Bonchev–Trinajstić information content (AvgIpc) is 2.45. The second-order valence-corrected chi connectivity index (χ2v) is 3.99. The first kappa shape index (κ1) is 12.0. The Balaban J connectivity index is 2.84. The largest absolute Gasteiger partial charge is 0.390 e. The second-order valence-electron chi connectivity index (χ2n) is 2.70. The molecule has 9 heteroatoms. The molecule has 0 atom stereocenters. The Labute approximate surface area is 82.7 Å². The monoisotopic (exact) mass is 246 g/mol. The van der Waals surface area contributed by atoms with Gasteiger partial charge in [-0.05, 0) is 6.07 Å². The summed E-state index contributed by atoms with van der Waals surface area (Å²) in [6.45, 7) is -0.727. The van der Waals surface area contributed by atoms with E-state index < -0.39 is 34.4 Å². The third-order valence-corrected chi connectivity index (χ3v) is 2.38. The Morgan fingerprint density at radius 2 is 2.00 bits per heavy atom. The molecule has 0 amide bonds. The number of nitrogens with zero attached hydrogens (tertiary/aromatic N) is 2. The number of hydrogen-bond donors (Lipinski definition) is 0. The van der Waals surface area contributed by atoms with Gasteiger partial charge in [-0.3, -0.25) is 4.68 Å². The van der Waals surface area contributed by atoms with Crippen molar-refractivity contribution in [1.29, 1.82) is 0 Å². The first-order chi connectivity index (χ1) is 6.70. The second kappa shape index (κ2) is 3.80. The van der Waals surface area contributed by atoms with Gasteiger partial charge in [0, 0.05) is 0 Å². The minimum absolute atomic E-state index is 0.461. The van der Waals surface area contributed by atoms with E-state index in [0.717, 1.165) is 12.3 Å². The van der Waals surface area contributed by atoms with Crippen LogP contribution in [0.5, 0.6) is 0 Å². The summed E-state index contributed by atoms with van der Waals surface area (Å²) in [5.41, 5.74) is 0. The van der Waals surface area contributed by atoms with E-state index in [9.17, 15) is 25.5 Å². The minimum atomic E-state index is -5.02. The molecular formula is C6H6F4N2O2S. The molecule has 1 rings (SSSR count). The van der Waals surface area contributed by atoms with Crippen molar-refractivity contribution in [2.75, 3.05) is 0 Å². The van der Waals surface area contributed by atoms with Crippen molar-refractivity contribution in [3.8, 4) is 0 Å². The lowest BCUT2D eigenvalue weighted by atomic mass is 10.4. The van der Waals surface area contributed by atoms with Crippen LogP contribution in [0.4, 0.5) is 17.1 Å². The molecule has 0 saturated heterocycles. The zero-order valence-electron chi connectivity index (χ0n) is 7.20. The van der Waals surface area contributed by atoms with E-state index in [1.54, 1.807) is 0 Å². The van der Waals surface area contributed by atoms with E-state index in [1.807, 2.05) is 0 Å². The fourth-order valence-corrected chi connectivity index (χ4v) is 1.54. The highest BCUT2D eigenvalue weighted by Gasteiger charge is 2.28. The van der Waals surface area contributed by atoms with E-state index in [0.29, 0.717) is 4.68 Å². The smallest absolute Gasteiger partial charge is 0.252 e. The van der Waals surface area contributed by atoms with Crippen molar-refractivity contribution < 1.29 is 25.5 Å². The van der Waals surface area contributed by atoms with Crippen molar-refractivity contribution in [3.63, 3.8) is 0 Å². The number of hydrogen-bond acceptors (Lipinski definition) is 3. The van der Waals surface area contributed by atoms with Gasteiger partial charge in [0.25, 0.3) is 0 Å². The van der Waals surface area contributed by atoms with Gasteiger partial charge in [-0.25, -0.2) is 0 Å². The van der Waals surface area contributed by atoms with Crippen molar-refractivity contribution in [1.82, 2.24) is 9.78 Å². The Morgan fingerprint density at radius 1 is 1.40 bits per heavy atom. The van der Waals surface area contributed by atoms with Gasteiger partial charge in [0.2, 0.25) is 0 Å². The summed E-state index contributed by atoms with van der Waals surface area (Å²) in [4.78, 5) is 0. The Morgan fingerprint density at radius 3 is 2.47 bits per heavy atom. The Bertz CT molecular complexity index is 436. The highest BCUT2D eigenvalue weighted by molar-refractivity contribution is 7.86. The minimum Gasteiger partial charge on any atom is -0.252 e. The van der Waals surface area contributed by atoms with Crippen molar-refractivity contribution in [2.45, 2.75) is 24.2 Å². The van der Waals surface area contributed by atoms with E-state index in [-0.39, 0.29) is 0 Å². The van der Waals surface area contributed by atoms with Crippen molar-refractivity contribution >= 4 is 10.2 Å². The van der Waals surface area contributed by atoms with Crippen LogP contribution in [0.1, 0.15) is 6.42 Å². The molecule has 0 fully saturated rings. The van der Waals surface area contributed by atoms with Gasteiger partial charge in [0.1, 0.15) is 0 Å². The van der Waals surface area contributed by atoms with E-state index in [1.165, 1.54) is 0 Å². The molecule has 0 spiro atoms. The Kier molecular flexibility index (Phi) is 3.03. The third-order valence-electron chi connectivity index (χ3n) is 1.53. The maximum Gasteiger partial charge on any atom is 0.390 e. The van der Waals surface area contributed by atoms with E-state index >= 15 is 0 Å². The van der Waals surface area contributed by atoms with E-state index in [2.05, 4.69) is 5.10 Å². The van der Waals surface area contributed by atoms with Gasteiger partial charge in [0.05, 0.1) is 19.2 Å². The van der Waals surface area contributed by atoms with Crippen LogP contribution in [0.2, 0.25) is 0 Å². The SMILES string of the molecule is O=S(=O)(F)c1ccnn1CCC(F)(F)F. The molecule has 1 heterocycles. The normalized spacial score (nSPS) is 13.1. The summed E-state index contributed by atoms with van der Waals surface area (Å²) < 4.78 is 69.2. The van der Waals surface area contributed by atoms with Crippen LogP contribution in [0.25, 0.3) is 0 Å².